The smallest absolute Gasteiger partial charge is 0.404 e. The van der Waals surface area contributed by atoms with Gasteiger partial charge in [-0.15, -0.1) is 13.2 Å². The number of nitrogens with zero attached hydrogens (tertiary/aromatic N) is 2. The zero-order chi connectivity index (χ0) is 15.8. The Bertz CT molecular complexity index is 627. The van der Waals surface area contributed by atoms with Crippen LogP contribution < -0.4 is 4.74 Å². The summed E-state index contributed by atoms with van der Waals surface area (Å²) in [5, 5.41) is -0.813. The van der Waals surface area contributed by atoms with Crippen molar-refractivity contribution in [3.63, 3.8) is 0 Å². The largest absolute Gasteiger partial charge is 0.573 e. The Morgan fingerprint density at radius 3 is 2.52 bits per heavy atom. The summed E-state index contributed by atoms with van der Waals surface area (Å²) in [6.07, 6.45) is -4.77. The lowest BCUT2D eigenvalue weighted by Crippen LogP contribution is -2.53. The Balaban J connectivity index is 1.96. The van der Waals surface area contributed by atoms with Gasteiger partial charge in [0, 0.05) is 19.6 Å². The molecule has 21 heavy (non-hydrogen) atoms. The van der Waals surface area contributed by atoms with Crippen molar-refractivity contribution in [3.8, 4) is 5.75 Å². The van der Waals surface area contributed by atoms with Crippen LogP contribution in [0.3, 0.4) is 0 Å². The topological polar surface area (TPSA) is 79.7 Å². The number of likely N-dealkylation sites (tertiary alicyclic amines) is 1. The van der Waals surface area contributed by atoms with Crippen LogP contribution in [0.2, 0.25) is 0 Å². The molecule has 0 unspecified atom stereocenters. The Kier molecular flexibility index (Phi) is 4.13. The molecule has 1 aliphatic rings. The molecule has 1 aliphatic heterocycles. The van der Waals surface area contributed by atoms with Crippen molar-refractivity contribution in [1.82, 2.24) is 9.88 Å². The Hall–Kier alpha value is -1.39. The first-order valence-electron chi connectivity index (χ1n) is 5.95. The van der Waals surface area contributed by atoms with E-state index in [2.05, 4.69) is 9.72 Å². The van der Waals surface area contributed by atoms with Gasteiger partial charge in [0.1, 0.15) is 5.25 Å². The van der Waals surface area contributed by atoms with E-state index in [1.54, 1.807) is 4.90 Å². The Morgan fingerprint density at radius 2 is 2.05 bits per heavy atom. The summed E-state index contributed by atoms with van der Waals surface area (Å²) in [5.41, 5.74) is 0.590. The standard InChI is InChI=1S/C11H13F3N2O4S/c1-7-10(20-11(12,13)14)3-2-8(15-7)4-16-5-9(6-16)21(17,18)19/h2-3,9H,4-6H2,1H3,(H,17,18,19). The van der Waals surface area contributed by atoms with Crippen LogP contribution >= 0.6 is 0 Å². The summed E-state index contributed by atoms with van der Waals surface area (Å²) in [6.45, 7) is 2.02. The van der Waals surface area contributed by atoms with Crippen molar-refractivity contribution in [1.29, 1.82) is 0 Å². The van der Waals surface area contributed by atoms with Gasteiger partial charge in [-0.25, -0.2) is 0 Å². The monoisotopic (exact) mass is 326 g/mol. The summed E-state index contributed by atoms with van der Waals surface area (Å²) in [7, 11) is -4.03. The van der Waals surface area contributed by atoms with Crippen LogP contribution in [0.25, 0.3) is 0 Å². The van der Waals surface area contributed by atoms with Crippen molar-refractivity contribution in [2.45, 2.75) is 25.1 Å². The quantitative estimate of drug-likeness (QED) is 0.842. The number of aryl methyl sites for hydroxylation is 1. The minimum Gasteiger partial charge on any atom is -0.404 e. The van der Waals surface area contributed by atoms with Gasteiger partial charge >= 0.3 is 6.36 Å². The first-order valence-corrected chi connectivity index (χ1v) is 7.46. The fourth-order valence-corrected chi connectivity index (χ4v) is 2.79. The van der Waals surface area contributed by atoms with E-state index < -0.39 is 21.7 Å². The summed E-state index contributed by atoms with van der Waals surface area (Å²) in [6, 6.07) is 2.56. The maximum absolute atomic E-state index is 12.1. The van der Waals surface area contributed by atoms with Crippen LogP contribution in [-0.2, 0) is 16.7 Å². The summed E-state index contributed by atoms with van der Waals surface area (Å²) in [5.74, 6) is -0.370. The molecule has 0 bridgehead atoms. The van der Waals surface area contributed by atoms with E-state index in [0.29, 0.717) is 12.2 Å². The van der Waals surface area contributed by atoms with Crippen LogP contribution in [0.1, 0.15) is 11.4 Å². The molecule has 1 saturated heterocycles. The molecular weight excluding hydrogens is 313 g/mol. The van der Waals surface area contributed by atoms with Crippen molar-refractivity contribution in [2.24, 2.45) is 0 Å². The van der Waals surface area contributed by atoms with Crippen LogP contribution in [0.15, 0.2) is 12.1 Å². The molecule has 0 aliphatic carbocycles. The number of rotatable bonds is 4. The molecule has 1 fully saturated rings. The first kappa shape index (κ1) is 16.0. The Labute approximate surface area is 119 Å². The highest BCUT2D eigenvalue weighted by Crippen LogP contribution is 2.26. The number of halogens is 3. The molecule has 0 aromatic carbocycles. The van der Waals surface area contributed by atoms with E-state index in [9.17, 15) is 21.6 Å². The molecule has 0 amide bonds. The van der Waals surface area contributed by atoms with E-state index in [1.165, 1.54) is 19.1 Å². The summed E-state index contributed by atoms with van der Waals surface area (Å²) in [4.78, 5) is 5.70. The van der Waals surface area contributed by atoms with Crippen molar-refractivity contribution >= 4 is 10.1 Å². The summed E-state index contributed by atoms with van der Waals surface area (Å²) >= 11 is 0. The number of pyridine rings is 1. The minimum absolute atomic E-state index is 0.0941. The van der Waals surface area contributed by atoms with E-state index >= 15 is 0 Å². The highest BCUT2D eigenvalue weighted by atomic mass is 32.2. The second-order valence-electron chi connectivity index (χ2n) is 4.77. The molecule has 2 heterocycles. The van der Waals surface area contributed by atoms with Gasteiger partial charge in [0.15, 0.2) is 5.75 Å². The SMILES string of the molecule is Cc1nc(CN2CC(S(=O)(=O)O)C2)ccc1OC(F)(F)F. The maximum Gasteiger partial charge on any atom is 0.573 e. The van der Waals surface area contributed by atoms with Crippen LogP contribution in [-0.4, -0.2) is 47.6 Å². The fraction of sp³-hybridized carbons (Fsp3) is 0.545. The predicted octanol–water partition coefficient (Wildman–Crippen LogP) is 1.36. The van der Waals surface area contributed by atoms with E-state index in [-0.39, 0.29) is 24.5 Å². The van der Waals surface area contributed by atoms with E-state index in [1.807, 2.05) is 0 Å². The molecule has 2 rings (SSSR count). The van der Waals surface area contributed by atoms with Crippen molar-refractivity contribution in [2.75, 3.05) is 13.1 Å². The fourth-order valence-electron chi connectivity index (χ4n) is 1.99. The molecule has 0 atom stereocenters. The number of hydrogen-bond donors (Lipinski definition) is 1. The molecule has 1 N–H and O–H groups in total. The zero-order valence-corrected chi connectivity index (χ0v) is 11.8. The average Bonchev–Trinajstić information content (AvgIpc) is 2.23. The number of hydrogen-bond acceptors (Lipinski definition) is 5. The molecule has 118 valence electrons. The second-order valence-corrected chi connectivity index (χ2v) is 6.46. The van der Waals surface area contributed by atoms with Crippen molar-refractivity contribution in [3.05, 3.63) is 23.5 Å². The van der Waals surface area contributed by atoms with Crippen LogP contribution in [0.5, 0.6) is 5.75 Å². The number of alkyl halides is 3. The lowest BCUT2D eigenvalue weighted by Gasteiger charge is -2.36. The summed E-state index contributed by atoms with van der Waals surface area (Å²) < 4.78 is 70.6. The van der Waals surface area contributed by atoms with Gasteiger partial charge in [-0.3, -0.25) is 14.4 Å². The lowest BCUT2D eigenvalue weighted by molar-refractivity contribution is -0.275. The third kappa shape index (κ3) is 4.29. The van der Waals surface area contributed by atoms with Gasteiger partial charge in [-0.2, -0.15) is 8.42 Å². The molecule has 0 radical (unpaired) electrons. The van der Waals surface area contributed by atoms with Crippen LogP contribution in [0.4, 0.5) is 13.2 Å². The second kappa shape index (κ2) is 5.43. The third-order valence-corrected chi connectivity index (χ3v) is 4.19. The maximum atomic E-state index is 12.1. The van der Waals surface area contributed by atoms with Gasteiger partial charge in [0.2, 0.25) is 0 Å². The van der Waals surface area contributed by atoms with Gasteiger partial charge < -0.3 is 4.74 Å². The molecule has 10 heteroatoms. The Morgan fingerprint density at radius 1 is 1.43 bits per heavy atom. The third-order valence-electron chi connectivity index (χ3n) is 3.05. The molecule has 1 aromatic heterocycles. The molecule has 6 nitrogen and oxygen atoms in total. The average molecular weight is 326 g/mol. The highest BCUT2D eigenvalue weighted by Gasteiger charge is 2.36. The lowest BCUT2D eigenvalue weighted by atomic mass is 10.2. The number of aromatic nitrogens is 1. The zero-order valence-electron chi connectivity index (χ0n) is 11.0. The van der Waals surface area contributed by atoms with Gasteiger partial charge in [0.05, 0.1) is 11.4 Å². The predicted molar refractivity (Wildman–Crippen MR) is 66.3 cm³/mol. The van der Waals surface area contributed by atoms with Gasteiger partial charge in [-0.1, -0.05) is 0 Å². The molecule has 1 aromatic rings. The molecule has 0 saturated carbocycles. The molecular formula is C11H13F3N2O4S. The minimum atomic E-state index is -4.77. The van der Waals surface area contributed by atoms with Gasteiger partial charge in [0.25, 0.3) is 10.1 Å². The van der Waals surface area contributed by atoms with Gasteiger partial charge in [-0.05, 0) is 19.1 Å². The highest BCUT2D eigenvalue weighted by molar-refractivity contribution is 7.86. The van der Waals surface area contributed by atoms with E-state index in [4.69, 9.17) is 4.55 Å². The molecule has 0 spiro atoms. The first-order chi connectivity index (χ1) is 9.54. The normalized spacial score (nSPS) is 17.6. The van der Waals surface area contributed by atoms with E-state index in [0.717, 1.165) is 0 Å². The number of ether oxygens (including phenoxy) is 1. The van der Waals surface area contributed by atoms with Crippen molar-refractivity contribution < 1.29 is 30.9 Å². The van der Waals surface area contributed by atoms with Crippen LogP contribution in [0, 0.1) is 6.92 Å².